The van der Waals surface area contributed by atoms with Crippen LogP contribution >= 0.6 is 11.6 Å². The van der Waals surface area contributed by atoms with Crippen molar-refractivity contribution in [3.8, 4) is 0 Å². The predicted octanol–water partition coefficient (Wildman–Crippen LogP) is 2.58. The Kier molecular flexibility index (Phi) is 3.78. The average Bonchev–Trinajstić information content (AvgIpc) is 2.30. The highest BCUT2D eigenvalue weighted by molar-refractivity contribution is 6.31. The summed E-state index contributed by atoms with van der Waals surface area (Å²) in [6, 6.07) is 12.1. The van der Waals surface area contributed by atoms with Crippen molar-refractivity contribution in [1.29, 1.82) is 0 Å². The molecule has 0 bridgehead atoms. The monoisotopic (exact) mass is 235 g/mol. The van der Waals surface area contributed by atoms with Gasteiger partial charge in [0.2, 0.25) is 0 Å². The molecule has 0 amide bonds. The second-order valence-corrected chi connectivity index (χ2v) is 4.12. The minimum Gasteiger partial charge on any atom is -0.395 e. The third-order valence-corrected chi connectivity index (χ3v) is 2.77. The van der Waals surface area contributed by atoms with Gasteiger partial charge in [-0.3, -0.25) is 0 Å². The van der Waals surface area contributed by atoms with Crippen LogP contribution in [0.2, 0.25) is 5.02 Å². The first-order valence-electron chi connectivity index (χ1n) is 5.30. The Balaban J connectivity index is 2.32. The van der Waals surface area contributed by atoms with E-state index in [1.165, 1.54) is 16.3 Å². The van der Waals surface area contributed by atoms with Crippen molar-refractivity contribution in [3.63, 3.8) is 0 Å². The lowest BCUT2D eigenvalue weighted by molar-refractivity contribution is 0.292. The Bertz CT molecular complexity index is 484. The van der Waals surface area contributed by atoms with Crippen molar-refractivity contribution in [2.24, 2.45) is 0 Å². The second kappa shape index (κ2) is 5.30. The number of benzene rings is 2. The maximum atomic E-state index is 8.72. The fourth-order valence-electron chi connectivity index (χ4n) is 1.77. The van der Waals surface area contributed by atoms with E-state index in [0.717, 1.165) is 11.6 Å². The van der Waals surface area contributed by atoms with Crippen LogP contribution in [0.1, 0.15) is 5.56 Å². The number of fused-ring (bicyclic) bond motifs is 1. The topological polar surface area (TPSA) is 32.3 Å². The van der Waals surface area contributed by atoms with E-state index in [4.69, 9.17) is 16.7 Å². The molecule has 2 aromatic rings. The molecule has 0 radical (unpaired) electrons. The van der Waals surface area contributed by atoms with Crippen LogP contribution in [0.3, 0.4) is 0 Å². The van der Waals surface area contributed by atoms with E-state index in [1.807, 2.05) is 24.3 Å². The minimum atomic E-state index is 0.158. The highest BCUT2D eigenvalue weighted by atomic mass is 35.5. The molecule has 0 aliphatic carbocycles. The zero-order valence-corrected chi connectivity index (χ0v) is 9.67. The normalized spacial score (nSPS) is 10.9. The summed E-state index contributed by atoms with van der Waals surface area (Å²) in [5, 5.41) is 15.0. The van der Waals surface area contributed by atoms with Gasteiger partial charge in [0.05, 0.1) is 6.61 Å². The predicted molar refractivity (Wildman–Crippen MR) is 67.8 cm³/mol. The first-order valence-corrected chi connectivity index (χ1v) is 5.68. The van der Waals surface area contributed by atoms with Crippen LogP contribution in [0.5, 0.6) is 0 Å². The molecule has 0 spiro atoms. The number of aliphatic hydroxyl groups excluding tert-OH is 1. The van der Waals surface area contributed by atoms with Gasteiger partial charge >= 0.3 is 0 Å². The van der Waals surface area contributed by atoms with Crippen molar-refractivity contribution in [3.05, 3.63) is 47.0 Å². The molecule has 0 unspecified atom stereocenters. The van der Waals surface area contributed by atoms with Gasteiger partial charge in [0.1, 0.15) is 0 Å². The number of aliphatic hydroxyl groups is 1. The molecule has 0 saturated carbocycles. The molecule has 0 atom stereocenters. The molecule has 0 aromatic heterocycles. The summed E-state index contributed by atoms with van der Waals surface area (Å²) in [6.45, 7) is 1.51. The van der Waals surface area contributed by atoms with Gasteiger partial charge in [0.25, 0.3) is 0 Å². The van der Waals surface area contributed by atoms with Crippen LogP contribution in [0.15, 0.2) is 36.4 Å². The molecular weight excluding hydrogens is 222 g/mol. The summed E-state index contributed by atoms with van der Waals surface area (Å²) < 4.78 is 0. The van der Waals surface area contributed by atoms with E-state index in [0.29, 0.717) is 6.54 Å². The van der Waals surface area contributed by atoms with Crippen LogP contribution < -0.4 is 5.32 Å². The molecule has 2 aromatic carbocycles. The fraction of sp³-hybridized carbons (Fsp3) is 0.231. The van der Waals surface area contributed by atoms with E-state index >= 15 is 0 Å². The Hall–Kier alpha value is -1.09. The highest BCUT2D eigenvalue weighted by Crippen LogP contribution is 2.22. The molecule has 84 valence electrons. The van der Waals surface area contributed by atoms with E-state index in [9.17, 15) is 0 Å². The molecule has 0 fully saturated rings. The van der Waals surface area contributed by atoms with Gasteiger partial charge in [-0.2, -0.15) is 0 Å². The van der Waals surface area contributed by atoms with E-state index in [-0.39, 0.29) is 6.61 Å². The molecule has 2 N–H and O–H groups in total. The van der Waals surface area contributed by atoms with Crippen LogP contribution in [-0.2, 0) is 6.54 Å². The summed E-state index contributed by atoms with van der Waals surface area (Å²) in [5.74, 6) is 0. The number of rotatable bonds is 4. The lowest BCUT2D eigenvalue weighted by atomic mass is 10.0. The smallest absolute Gasteiger partial charge is 0.0556 e. The molecule has 0 heterocycles. The zero-order chi connectivity index (χ0) is 11.4. The Morgan fingerprint density at radius 2 is 2.06 bits per heavy atom. The van der Waals surface area contributed by atoms with Gasteiger partial charge in [-0.1, -0.05) is 35.9 Å². The van der Waals surface area contributed by atoms with Gasteiger partial charge in [-0.15, -0.1) is 0 Å². The van der Waals surface area contributed by atoms with Gasteiger partial charge in [0.15, 0.2) is 0 Å². The summed E-state index contributed by atoms with van der Waals surface area (Å²) in [7, 11) is 0. The van der Waals surface area contributed by atoms with Crippen LogP contribution in [-0.4, -0.2) is 18.3 Å². The standard InChI is InChI=1S/C13H14ClNO/c14-12-5-4-10-2-1-3-11(13(10)8-12)9-15-6-7-16/h1-5,8,15-16H,6-7,9H2. The van der Waals surface area contributed by atoms with Gasteiger partial charge in [0, 0.05) is 18.1 Å². The van der Waals surface area contributed by atoms with E-state index < -0.39 is 0 Å². The summed E-state index contributed by atoms with van der Waals surface area (Å²) >= 11 is 5.99. The number of hydrogen-bond acceptors (Lipinski definition) is 2. The Labute approximate surface area is 99.9 Å². The molecule has 3 heteroatoms. The molecule has 0 aliphatic rings. The second-order valence-electron chi connectivity index (χ2n) is 3.68. The average molecular weight is 236 g/mol. The molecule has 2 nitrogen and oxygen atoms in total. The van der Waals surface area contributed by atoms with Crippen molar-refractivity contribution < 1.29 is 5.11 Å². The molecular formula is C13H14ClNO. The van der Waals surface area contributed by atoms with E-state index in [1.54, 1.807) is 0 Å². The highest BCUT2D eigenvalue weighted by Gasteiger charge is 2.00. The SMILES string of the molecule is OCCNCc1cccc2ccc(Cl)cc12. The fourth-order valence-corrected chi connectivity index (χ4v) is 1.94. The third-order valence-electron chi connectivity index (χ3n) is 2.54. The minimum absolute atomic E-state index is 0.158. The van der Waals surface area contributed by atoms with Crippen LogP contribution in [0.25, 0.3) is 10.8 Å². The number of halogens is 1. The van der Waals surface area contributed by atoms with Crippen molar-refractivity contribution in [1.82, 2.24) is 5.32 Å². The summed E-state index contributed by atoms with van der Waals surface area (Å²) in [6.07, 6.45) is 0. The maximum Gasteiger partial charge on any atom is 0.0556 e. The largest absolute Gasteiger partial charge is 0.395 e. The number of nitrogens with one attached hydrogen (secondary N) is 1. The molecule has 0 saturated heterocycles. The van der Waals surface area contributed by atoms with Gasteiger partial charge in [-0.05, 0) is 28.5 Å². The summed E-state index contributed by atoms with van der Waals surface area (Å²) in [4.78, 5) is 0. The quantitative estimate of drug-likeness (QED) is 0.799. The Morgan fingerprint density at radius 3 is 2.88 bits per heavy atom. The lowest BCUT2D eigenvalue weighted by Gasteiger charge is -2.07. The first kappa shape index (κ1) is 11.4. The number of hydrogen-bond donors (Lipinski definition) is 2. The summed E-state index contributed by atoms with van der Waals surface area (Å²) in [5.41, 5.74) is 1.20. The Morgan fingerprint density at radius 1 is 1.19 bits per heavy atom. The molecule has 16 heavy (non-hydrogen) atoms. The first-order chi connectivity index (χ1) is 7.81. The van der Waals surface area contributed by atoms with Gasteiger partial charge < -0.3 is 10.4 Å². The molecule has 0 aliphatic heterocycles. The van der Waals surface area contributed by atoms with Crippen molar-refractivity contribution >= 4 is 22.4 Å². The van der Waals surface area contributed by atoms with Gasteiger partial charge in [-0.25, -0.2) is 0 Å². The molecule has 2 rings (SSSR count). The van der Waals surface area contributed by atoms with Crippen LogP contribution in [0.4, 0.5) is 0 Å². The third kappa shape index (κ3) is 2.53. The van der Waals surface area contributed by atoms with Crippen LogP contribution in [0, 0.1) is 0 Å². The van der Waals surface area contributed by atoms with Crippen molar-refractivity contribution in [2.45, 2.75) is 6.54 Å². The van der Waals surface area contributed by atoms with E-state index in [2.05, 4.69) is 17.4 Å². The maximum absolute atomic E-state index is 8.72. The lowest BCUT2D eigenvalue weighted by Crippen LogP contribution is -2.17. The zero-order valence-electron chi connectivity index (χ0n) is 8.91. The van der Waals surface area contributed by atoms with Crippen molar-refractivity contribution in [2.75, 3.05) is 13.2 Å².